The molecule has 0 amide bonds. The highest BCUT2D eigenvalue weighted by molar-refractivity contribution is 7.09. The summed E-state index contributed by atoms with van der Waals surface area (Å²) in [5.74, 6) is 0.892. The molecular formula is C20H27N7OS. The molecule has 4 rings (SSSR count). The van der Waals surface area contributed by atoms with Crippen molar-refractivity contribution in [3.8, 4) is 0 Å². The number of benzene rings is 1. The van der Waals surface area contributed by atoms with Gasteiger partial charge in [-0.25, -0.2) is 9.97 Å². The quantitative estimate of drug-likeness (QED) is 0.635. The maximum atomic E-state index is 12.6. The average molecular weight is 414 g/mol. The Hall–Kier alpha value is -2.52. The number of rotatable bonds is 5. The van der Waals surface area contributed by atoms with Gasteiger partial charge in [0.2, 0.25) is 5.13 Å². The Bertz CT molecular complexity index is 1050. The molecule has 1 aliphatic heterocycles. The fourth-order valence-corrected chi connectivity index (χ4v) is 4.14. The maximum absolute atomic E-state index is 12.6. The molecule has 0 N–H and O–H groups in total. The summed E-state index contributed by atoms with van der Waals surface area (Å²) in [6, 6.07) is 6.08. The van der Waals surface area contributed by atoms with Crippen LogP contribution in [-0.2, 0) is 6.54 Å². The molecule has 9 heteroatoms. The third-order valence-corrected chi connectivity index (χ3v) is 6.19. The molecule has 0 aliphatic carbocycles. The van der Waals surface area contributed by atoms with Crippen LogP contribution in [0.4, 0.5) is 10.8 Å². The second kappa shape index (κ2) is 8.08. The molecule has 154 valence electrons. The van der Waals surface area contributed by atoms with Gasteiger partial charge in [-0.15, -0.1) is 0 Å². The Labute approximate surface area is 174 Å². The molecule has 0 spiro atoms. The van der Waals surface area contributed by atoms with Crippen molar-refractivity contribution in [1.82, 2.24) is 23.8 Å². The van der Waals surface area contributed by atoms with Gasteiger partial charge in [-0.1, -0.05) is 0 Å². The number of nitrogens with zero attached hydrogens (tertiary/aromatic N) is 7. The third kappa shape index (κ3) is 4.11. The van der Waals surface area contributed by atoms with Crippen LogP contribution in [0, 0.1) is 0 Å². The normalized spacial score (nSPS) is 15.4. The number of fused-ring (bicyclic) bond motifs is 1. The molecule has 8 nitrogen and oxygen atoms in total. The van der Waals surface area contributed by atoms with E-state index >= 15 is 0 Å². The maximum Gasteiger partial charge on any atom is 0.261 e. The number of hydrogen-bond donors (Lipinski definition) is 0. The van der Waals surface area contributed by atoms with Crippen molar-refractivity contribution in [1.29, 1.82) is 0 Å². The fourth-order valence-electron chi connectivity index (χ4n) is 3.54. The highest BCUT2D eigenvalue weighted by atomic mass is 32.1. The van der Waals surface area contributed by atoms with Gasteiger partial charge in [0.25, 0.3) is 5.56 Å². The van der Waals surface area contributed by atoms with Crippen LogP contribution in [0.1, 0.15) is 25.7 Å². The summed E-state index contributed by atoms with van der Waals surface area (Å²) in [7, 11) is 3.97. The first kappa shape index (κ1) is 19.8. The van der Waals surface area contributed by atoms with Gasteiger partial charge >= 0.3 is 0 Å². The summed E-state index contributed by atoms with van der Waals surface area (Å²) in [6.07, 6.45) is 1.65. The van der Waals surface area contributed by atoms with E-state index in [0.29, 0.717) is 5.39 Å². The van der Waals surface area contributed by atoms with Crippen molar-refractivity contribution in [3.05, 3.63) is 40.7 Å². The summed E-state index contributed by atoms with van der Waals surface area (Å²) in [5, 5.41) is 1.62. The van der Waals surface area contributed by atoms with E-state index in [1.165, 1.54) is 11.5 Å². The van der Waals surface area contributed by atoms with E-state index in [1.807, 2.05) is 51.0 Å². The Morgan fingerprint density at radius 2 is 1.93 bits per heavy atom. The van der Waals surface area contributed by atoms with E-state index in [-0.39, 0.29) is 11.6 Å². The second-order valence-electron chi connectivity index (χ2n) is 7.90. The zero-order valence-corrected chi connectivity index (χ0v) is 18.2. The topological polar surface area (TPSA) is 70.4 Å². The Morgan fingerprint density at radius 3 is 2.59 bits per heavy atom. The third-order valence-electron chi connectivity index (χ3n) is 5.27. The predicted octanol–water partition coefficient (Wildman–Crippen LogP) is 2.22. The minimum absolute atomic E-state index is 0.0224. The van der Waals surface area contributed by atoms with Gasteiger partial charge < -0.3 is 9.80 Å². The molecule has 0 unspecified atom stereocenters. The Kier molecular flexibility index (Phi) is 5.51. The highest BCUT2D eigenvalue weighted by Crippen LogP contribution is 2.22. The van der Waals surface area contributed by atoms with Crippen LogP contribution >= 0.6 is 11.5 Å². The van der Waals surface area contributed by atoms with Crippen LogP contribution < -0.4 is 15.4 Å². The molecule has 3 heterocycles. The summed E-state index contributed by atoms with van der Waals surface area (Å²) in [4.78, 5) is 28.4. The molecule has 0 bridgehead atoms. The number of hydrogen-bond acceptors (Lipinski definition) is 8. The summed E-state index contributed by atoms with van der Waals surface area (Å²) in [5.41, 5.74) is 1.90. The summed E-state index contributed by atoms with van der Waals surface area (Å²) in [6.45, 7) is 8.54. The monoisotopic (exact) mass is 413 g/mol. The van der Waals surface area contributed by atoms with Gasteiger partial charge in [0.15, 0.2) is 5.82 Å². The molecule has 1 aromatic carbocycles. The molecule has 0 saturated carbocycles. The lowest BCUT2D eigenvalue weighted by Gasteiger charge is -2.35. The van der Waals surface area contributed by atoms with E-state index in [0.717, 1.165) is 54.9 Å². The lowest BCUT2D eigenvalue weighted by molar-refractivity contribution is 0.245. The van der Waals surface area contributed by atoms with Gasteiger partial charge in [0, 0.05) is 63.5 Å². The molecule has 2 aromatic heterocycles. The van der Waals surface area contributed by atoms with E-state index in [9.17, 15) is 4.79 Å². The van der Waals surface area contributed by atoms with E-state index < -0.39 is 0 Å². The minimum atomic E-state index is 0.0224. The van der Waals surface area contributed by atoms with E-state index in [4.69, 9.17) is 0 Å². The standard InChI is InChI=1S/C20H27N7OS/c1-14(2)27-13-21-17-11-15(5-6-16(17)19(27)28)26-9-7-25(8-10-26)12-18-22-20(24(3)4)29-23-18/h5-6,11,13-14H,7-10,12H2,1-4H3. The molecule has 0 radical (unpaired) electrons. The molecule has 1 aliphatic rings. The first-order chi connectivity index (χ1) is 13.9. The lowest BCUT2D eigenvalue weighted by atomic mass is 10.2. The van der Waals surface area contributed by atoms with Crippen molar-refractivity contribution in [2.45, 2.75) is 26.4 Å². The first-order valence-electron chi connectivity index (χ1n) is 9.90. The van der Waals surface area contributed by atoms with Crippen molar-refractivity contribution < 1.29 is 0 Å². The van der Waals surface area contributed by atoms with Gasteiger partial charge in [-0.05, 0) is 32.0 Å². The number of anilines is 2. The number of piperazine rings is 1. The van der Waals surface area contributed by atoms with Gasteiger partial charge in [-0.3, -0.25) is 14.3 Å². The van der Waals surface area contributed by atoms with Crippen molar-refractivity contribution in [2.24, 2.45) is 0 Å². The van der Waals surface area contributed by atoms with Gasteiger partial charge in [-0.2, -0.15) is 4.37 Å². The molecule has 0 atom stereocenters. The van der Waals surface area contributed by atoms with Crippen LogP contribution in [0.25, 0.3) is 10.9 Å². The zero-order chi connectivity index (χ0) is 20.5. The van der Waals surface area contributed by atoms with Crippen LogP contribution in [0.3, 0.4) is 0 Å². The fraction of sp³-hybridized carbons (Fsp3) is 0.500. The minimum Gasteiger partial charge on any atom is -0.369 e. The summed E-state index contributed by atoms with van der Waals surface area (Å²) >= 11 is 1.44. The Balaban J connectivity index is 1.43. The zero-order valence-electron chi connectivity index (χ0n) is 17.4. The van der Waals surface area contributed by atoms with Crippen LogP contribution in [0.5, 0.6) is 0 Å². The van der Waals surface area contributed by atoms with E-state index in [2.05, 4.69) is 24.1 Å². The molecule has 29 heavy (non-hydrogen) atoms. The highest BCUT2D eigenvalue weighted by Gasteiger charge is 2.20. The van der Waals surface area contributed by atoms with Crippen LogP contribution in [0.15, 0.2) is 29.3 Å². The molecular weight excluding hydrogens is 386 g/mol. The van der Waals surface area contributed by atoms with Crippen molar-refractivity contribution >= 4 is 33.3 Å². The molecule has 1 fully saturated rings. The van der Waals surface area contributed by atoms with Gasteiger partial charge in [0.05, 0.1) is 23.8 Å². The number of aromatic nitrogens is 4. The van der Waals surface area contributed by atoms with Crippen LogP contribution in [-0.4, -0.2) is 64.1 Å². The lowest BCUT2D eigenvalue weighted by Crippen LogP contribution is -2.46. The van der Waals surface area contributed by atoms with Crippen molar-refractivity contribution in [3.63, 3.8) is 0 Å². The smallest absolute Gasteiger partial charge is 0.261 e. The predicted molar refractivity (Wildman–Crippen MR) is 118 cm³/mol. The van der Waals surface area contributed by atoms with E-state index in [1.54, 1.807) is 10.9 Å². The van der Waals surface area contributed by atoms with Crippen LogP contribution in [0.2, 0.25) is 0 Å². The second-order valence-corrected chi connectivity index (χ2v) is 8.63. The van der Waals surface area contributed by atoms with Crippen molar-refractivity contribution in [2.75, 3.05) is 50.1 Å². The molecule has 1 saturated heterocycles. The summed E-state index contributed by atoms with van der Waals surface area (Å²) < 4.78 is 6.14. The Morgan fingerprint density at radius 1 is 1.17 bits per heavy atom. The SMILES string of the molecule is CC(C)n1cnc2cc(N3CCN(Cc4nsc(N(C)C)n4)CC3)ccc2c1=O. The average Bonchev–Trinajstić information content (AvgIpc) is 3.17. The first-order valence-corrected chi connectivity index (χ1v) is 10.7. The largest absolute Gasteiger partial charge is 0.369 e. The van der Waals surface area contributed by atoms with Gasteiger partial charge in [0.1, 0.15) is 0 Å². The molecule has 3 aromatic rings.